The highest BCUT2D eigenvalue weighted by Gasteiger charge is 2.43. The lowest BCUT2D eigenvalue weighted by molar-refractivity contribution is -0.147. The molecule has 3 N–H and O–H groups in total. The van der Waals surface area contributed by atoms with E-state index in [4.69, 9.17) is 9.47 Å². The number of aromatic nitrogens is 2. The molecule has 1 aromatic rings. The molecular formula is C35H63N7O6. The molecule has 1 saturated heterocycles. The quantitative estimate of drug-likeness (QED) is 0.191. The topological polar surface area (TPSA) is 147 Å². The summed E-state index contributed by atoms with van der Waals surface area (Å²) in [6.45, 7) is 15.3. The first kappa shape index (κ1) is 41.1. The van der Waals surface area contributed by atoms with Gasteiger partial charge in [0.15, 0.2) is 0 Å². The molecule has 0 radical (unpaired) electrons. The van der Waals surface area contributed by atoms with Crippen LogP contribution in [-0.4, -0.2) is 121 Å². The zero-order chi connectivity index (χ0) is 36.1. The van der Waals surface area contributed by atoms with E-state index in [1.165, 1.54) is 0 Å². The van der Waals surface area contributed by atoms with Gasteiger partial charge in [-0.2, -0.15) is 0 Å². The molecule has 0 saturated carbocycles. The molecule has 13 heteroatoms. The Hall–Kier alpha value is -3.03. The Morgan fingerprint density at radius 2 is 1.67 bits per heavy atom. The molecule has 2 rings (SSSR count). The number of amides is 4. The summed E-state index contributed by atoms with van der Waals surface area (Å²) in [5.41, 5.74) is 0. The van der Waals surface area contributed by atoms with Crippen molar-refractivity contribution in [3.8, 4) is 0 Å². The van der Waals surface area contributed by atoms with Gasteiger partial charge in [0.05, 0.1) is 49.0 Å². The number of likely N-dealkylation sites (N-methyl/N-ethyl adjacent to an activating group) is 2. The minimum atomic E-state index is -0.741. The fourth-order valence-electron chi connectivity index (χ4n) is 6.94. The van der Waals surface area contributed by atoms with E-state index in [1.807, 2.05) is 57.2 Å². The minimum absolute atomic E-state index is 0.00748. The Bertz CT molecular complexity index is 1150. The predicted octanol–water partition coefficient (Wildman–Crippen LogP) is 2.30. The van der Waals surface area contributed by atoms with Crippen molar-refractivity contribution in [2.24, 2.45) is 23.7 Å². The highest BCUT2D eigenvalue weighted by Crippen LogP contribution is 2.29. The zero-order valence-electron chi connectivity index (χ0n) is 31.2. The molecule has 1 fully saturated rings. The number of methoxy groups -OCH3 is 2. The van der Waals surface area contributed by atoms with E-state index in [0.717, 1.165) is 19.3 Å². The van der Waals surface area contributed by atoms with Crippen molar-refractivity contribution in [3.63, 3.8) is 0 Å². The number of rotatable bonds is 20. The third-order valence-electron chi connectivity index (χ3n) is 9.98. The van der Waals surface area contributed by atoms with Crippen LogP contribution in [0.25, 0.3) is 0 Å². The molecule has 0 aromatic carbocycles. The van der Waals surface area contributed by atoms with Crippen molar-refractivity contribution < 1.29 is 28.7 Å². The fraction of sp³-hybridized carbons (Fsp3) is 0.800. The monoisotopic (exact) mass is 677 g/mol. The number of hydrogen-bond donors (Lipinski definition) is 3. The average Bonchev–Trinajstić information content (AvgIpc) is 3.76. The van der Waals surface area contributed by atoms with Crippen LogP contribution >= 0.6 is 0 Å². The summed E-state index contributed by atoms with van der Waals surface area (Å²) in [5.74, 6) is -1.26. The van der Waals surface area contributed by atoms with Gasteiger partial charge in [-0.05, 0) is 37.6 Å². The molecule has 3 unspecified atom stereocenters. The van der Waals surface area contributed by atoms with Crippen molar-refractivity contribution in [3.05, 3.63) is 18.7 Å². The lowest BCUT2D eigenvalue weighted by Crippen LogP contribution is -2.59. The molecule has 1 aliphatic heterocycles. The van der Waals surface area contributed by atoms with Crippen LogP contribution in [0.15, 0.2) is 18.7 Å². The van der Waals surface area contributed by atoms with Gasteiger partial charge in [-0.15, -0.1) is 0 Å². The SMILES string of the molecule is CC[C@H](C)[C@@H]([C@@H](CC(=O)N1CCCC1[C@H](OC)[C@@H](C)C(=O)NCCn1ccnc1)OC)N(C)C(=O)C(NC(=O)C(NC)C(C)C)C(C)C. The lowest BCUT2D eigenvalue weighted by atomic mass is 9.89. The number of imidazole rings is 1. The Labute approximate surface area is 288 Å². The number of nitrogens with one attached hydrogen (secondary N) is 3. The fourth-order valence-corrected chi connectivity index (χ4v) is 6.94. The van der Waals surface area contributed by atoms with Crippen molar-refractivity contribution in [1.29, 1.82) is 0 Å². The first-order chi connectivity index (χ1) is 22.7. The maximum Gasteiger partial charge on any atom is 0.245 e. The zero-order valence-corrected chi connectivity index (χ0v) is 31.2. The normalized spacial score (nSPS) is 19.4. The molecule has 2 heterocycles. The van der Waals surface area contributed by atoms with E-state index in [2.05, 4.69) is 27.9 Å². The molecule has 8 atom stereocenters. The first-order valence-corrected chi connectivity index (χ1v) is 17.6. The summed E-state index contributed by atoms with van der Waals surface area (Å²) in [5, 5.41) is 9.02. The number of nitrogens with zero attached hydrogens (tertiary/aromatic N) is 4. The number of carbonyl (C=O) groups is 4. The molecule has 1 aromatic heterocycles. The standard InChI is InChI=1S/C35H63N7O6/c1-12-24(6)31(40(9)35(46)30(23(4)5)39-34(45)29(36-8)22(2)3)27(47-10)20-28(43)42-17-13-14-26(42)32(48-11)25(7)33(44)38-16-19-41-18-15-37-21-41/h15,18,21-27,29-32,36H,12-14,16-17,19-20H2,1-11H3,(H,38,44)(H,39,45)/t24-,25+,26?,27+,29?,30?,31-,32+/m0/s1. The second-order valence-corrected chi connectivity index (χ2v) is 13.9. The van der Waals surface area contributed by atoms with Crippen LogP contribution in [-0.2, 0) is 35.2 Å². The largest absolute Gasteiger partial charge is 0.379 e. The average molecular weight is 678 g/mol. The van der Waals surface area contributed by atoms with Crippen LogP contribution in [0, 0.1) is 23.7 Å². The van der Waals surface area contributed by atoms with Crippen LogP contribution in [0.2, 0.25) is 0 Å². The first-order valence-electron chi connectivity index (χ1n) is 17.6. The molecule has 0 aliphatic carbocycles. The van der Waals surface area contributed by atoms with E-state index >= 15 is 0 Å². The summed E-state index contributed by atoms with van der Waals surface area (Å²) in [6.07, 6.45) is 6.52. The van der Waals surface area contributed by atoms with Crippen molar-refractivity contribution in [2.75, 3.05) is 41.4 Å². The Morgan fingerprint density at radius 3 is 2.19 bits per heavy atom. The van der Waals surface area contributed by atoms with Crippen LogP contribution < -0.4 is 16.0 Å². The number of ether oxygens (including phenoxy) is 2. The molecular weight excluding hydrogens is 614 g/mol. The maximum atomic E-state index is 14.1. The van der Waals surface area contributed by atoms with Gasteiger partial charge in [0.25, 0.3) is 0 Å². The van der Waals surface area contributed by atoms with Crippen LogP contribution in [0.3, 0.4) is 0 Å². The van der Waals surface area contributed by atoms with Gasteiger partial charge in [0, 0.05) is 53.3 Å². The van der Waals surface area contributed by atoms with Gasteiger partial charge in [0.2, 0.25) is 23.6 Å². The predicted molar refractivity (Wildman–Crippen MR) is 186 cm³/mol. The number of likely N-dealkylation sites (tertiary alicyclic amines) is 1. The molecule has 0 spiro atoms. The number of carbonyl (C=O) groups excluding carboxylic acids is 4. The Balaban J connectivity index is 2.20. The van der Waals surface area contributed by atoms with E-state index in [0.29, 0.717) is 19.6 Å². The van der Waals surface area contributed by atoms with Gasteiger partial charge in [0.1, 0.15) is 6.04 Å². The summed E-state index contributed by atoms with van der Waals surface area (Å²) in [4.78, 5) is 61.9. The van der Waals surface area contributed by atoms with E-state index in [-0.39, 0.29) is 53.8 Å². The molecule has 1 aliphatic rings. The lowest BCUT2D eigenvalue weighted by Gasteiger charge is -2.41. The molecule has 13 nitrogen and oxygen atoms in total. The van der Waals surface area contributed by atoms with E-state index < -0.39 is 36.3 Å². The van der Waals surface area contributed by atoms with Crippen molar-refractivity contribution >= 4 is 23.6 Å². The molecule has 0 bridgehead atoms. The summed E-state index contributed by atoms with van der Waals surface area (Å²) in [6, 6.07) is -1.86. The van der Waals surface area contributed by atoms with Gasteiger partial charge >= 0.3 is 0 Å². The second-order valence-electron chi connectivity index (χ2n) is 13.9. The summed E-state index contributed by atoms with van der Waals surface area (Å²) < 4.78 is 13.8. The Morgan fingerprint density at radius 1 is 1.00 bits per heavy atom. The molecule has 274 valence electrons. The van der Waals surface area contributed by atoms with Crippen molar-refractivity contribution in [1.82, 2.24) is 35.3 Å². The van der Waals surface area contributed by atoms with Crippen LogP contribution in [0.5, 0.6) is 0 Å². The highest BCUT2D eigenvalue weighted by molar-refractivity contribution is 5.90. The molecule has 48 heavy (non-hydrogen) atoms. The molecule has 4 amide bonds. The van der Waals surface area contributed by atoms with E-state index in [1.54, 1.807) is 45.7 Å². The summed E-state index contributed by atoms with van der Waals surface area (Å²) >= 11 is 0. The van der Waals surface area contributed by atoms with Crippen LogP contribution in [0.4, 0.5) is 0 Å². The van der Waals surface area contributed by atoms with Gasteiger partial charge in [-0.3, -0.25) is 19.2 Å². The third kappa shape index (κ3) is 10.7. The second kappa shape index (κ2) is 19.8. The number of hydrogen-bond acceptors (Lipinski definition) is 8. The van der Waals surface area contributed by atoms with Crippen LogP contribution in [0.1, 0.15) is 74.1 Å². The van der Waals surface area contributed by atoms with E-state index in [9.17, 15) is 19.2 Å². The van der Waals surface area contributed by atoms with Crippen molar-refractivity contribution in [2.45, 2.75) is 117 Å². The third-order valence-corrected chi connectivity index (χ3v) is 9.98. The smallest absolute Gasteiger partial charge is 0.245 e. The maximum absolute atomic E-state index is 14.1. The highest BCUT2D eigenvalue weighted by atomic mass is 16.5. The van der Waals surface area contributed by atoms with Gasteiger partial charge in [-0.1, -0.05) is 54.9 Å². The minimum Gasteiger partial charge on any atom is -0.379 e. The summed E-state index contributed by atoms with van der Waals surface area (Å²) in [7, 11) is 6.63. The Kier molecular flexibility index (Phi) is 17.0. The van der Waals surface area contributed by atoms with Gasteiger partial charge in [-0.25, -0.2) is 4.98 Å². The van der Waals surface area contributed by atoms with Gasteiger partial charge < -0.3 is 39.8 Å².